The van der Waals surface area contributed by atoms with Gasteiger partial charge in [-0.3, -0.25) is 4.72 Å². The number of hydrogen-bond donors (Lipinski definition) is 1. The Hall–Kier alpha value is -3.21. The van der Waals surface area contributed by atoms with Crippen molar-refractivity contribution in [3.8, 4) is 23.0 Å². The van der Waals surface area contributed by atoms with Crippen LogP contribution in [0, 0.1) is 6.92 Å². The summed E-state index contributed by atoms with van der Waals surface area (Å²) in [5.41, 5.74) is 2.09. The quantitative estimate of drug-likeness (QED) is 0.379. The van der Waals surface area contributed by atoms with Crippen LogP contribution in [0.25, 0.3) is 0 Å². The maximum atomic E-state index is 13.2. The molecule has 0 fully saturated rings. The van der Waals surface area contributed by atoms with Gasteiger partial charge in [0.05, 0.1) is 18.6 Å². The number of rotatable bonds is 11. The monoisotopic (exact) mass is 547 g/mol. The van der Waals surface area contributed by atoms with Gasteiger partial charge in [0.15, 0.2) is 23.1 Å². The van der Waals surface area contributed by atoms with Gasteiger partial charge in [-0.1, -0.05) is 23.7 Å². The minimum Gasteiger partial charge on any atom is -0.493 e. The Kier molecular flexibility index (Phi) is 8.31. The first kappa shape index (κ1) is 26.8. The molecule has 0 radical (unpaired) electrons. The molecule has 37 heavy (non-hydrogen) atoms. The summed E-state index contributed by atoms with van der Waals surface area (Å²) < 4.78 is 52.2. The molecule has 1 aliphatic heterocycles. The minimum atomic E-state index is -4.00. The topological polar surface area (TPSA) is 99.2 Å². The average Bonchev–Trinajstić information content (AvgIpc) is 3.33. The zero-order chi connectivity index (χ0) is 26.6. The van der Waals surface area contributed by atoms with Crippen molar-refractivity contribution in [2.75, 3.05) is 45.7 Å². The molecule has 198 valence electrons. The van der Waals surface area contributed by atoms with E-state index in [0.29, 0.717) is 47.5 Å². The molecule has 1 aromatic heterocycles. The molecule has 0 bridgehead atoms. The van der Waals surface area contributed by atoms with Crippen molar-refractivity contribution in [1.29, 1.82) is 0 Å². The first-order valence-corrected chi connectivity index (χ1v) is 13.6. The third kappa shape index (κ3) is 6.20. The van der Waals surface area contributed by atoms with Crippen molar-refractivity contribution in [1.82, 2.24) is 9.88 Å². The van der Waals surface area contributed by atoms with E-state index in [1.54, 1.807) is 38.4 Å². The number of pyridine rings is 1. The highest BCUT2D eigenvalue weighted by Gasteiger charge is 2.27. The van der Waals surface area contributed by atoms with Crippen LogP contribution in [-0.2, 0) is 23.1 Å². The third-order valence-corrected chi connectivity index (χ3v) is 7.72. The number of methoxy groups -OCH3 is 1. The van der Waals surface area contributed by atoms with Crippen molar-refractivity contribution < 1.29 is 27.4 Å². The molecule has 4 rings (SSSR count). The van der Waals surface area contributed by atoms with Crippen molar-refractivity contribution in [2.24, 2.45) is 0 Å². The number of fused-ring (bicyclic) bond motifs is 1. The second-order valence-electron chi connectivity index (χ2n) is 8.78. The summed E-state index contributed by atoms with van der Waals surface area (Å²) in [6.07, 6.45) is 2.26. The van der Waals surface area contributed by atoms with Gasteiger partial charge in [-0.2, -0.15) is 0 Å². The van der Waals surface area contributed by atoms with Gasteiger partial charge in [0.1, 0.15) is 13.2 Å². The van der Waals surface area contributed by atoms with E-state index in [9.17, 15) is 8.42 Å². The number of sulfonamides is 1. The van der Waals surface area contributed by atoms with Crippen LogP contribution >= 0.6 is 11.6 Å². The van der Waals surface area contributed by atoms with E-state index < -0.39 is 10.0 Å². The van der Waals surface area contributed by atoms with Crippen LogP contribution in [0.15, 0.2) is 47.5 Å². The highest BCUT2D eigenvalue weighted by atomic mass is 35.5. The Morgan fingerprint density at radius 1 is 1.16 bits per heavy atom. The summed E-state index contributed by atoms with van der Waals surface area (Å²) in [5.74, 6) is 1.94. The molecule has 0 saturated carbocycles. The molecule has 0 spiro atoms. The maximum Gasteiger partial charge on any atom is 0.263 e. The molecule has 3 aromatic rings. The van der Waals surface area contributed by atoms with Gasteiger partial charge in [0, 0.05) is 29.7 Å². The average molecular weight is 548 g/mol. The molecule has 2 heterocycles. The summed E-state index contributed by atoms with van der Waals surface area (Å²) in [6.45, 7) is 3.48. The first-order valence-electron chi connectivity index (χ1n) is 11.7. The summed E-state index contributed by atoms with van der Waals surface area (Å²) in [4.78, 5) is 6.43. The van der Waals surface area contributed by atoms with E-state index in [4.69, 9.17) is 30.5 Å². The Balaban J connectivity index is 1.60. The standard InChI is InChI=1S/C26H30ClN3O6S/c1-17-20(27)6-5-7-23(17)37(31,32)29-26-25(24-19(15-28-26)10-12-35-24)36-16-18-8-9-21(33-4)22(14-18)34-13-11-30(2)3/h5-9,14-15H,10-13,16H2,1-4H3,(H,28,29). The van der Waals surface area contributed by atoms with E-state index in [0.717, 1.165) is 17.7 Å². The Morgan fingerprint density at radius 3 is 2.73 bits per heavy atom. The molecule has 0 atom stereocenters. The second kappa shape index (κ2) is 11.5. The fourth-order valence-corrected chi connectivity index (χ4v) is 5.31. The highest BCUT2D eigenvalue weighted by Crippen LogP contribution is 2.42. The van der Waals surface area contributed by atoms with Gasteiger partial charge in [0.2, 0.25) is 5.75 Å². The summed E-state index contributed by atoms with van der Waals surface area (Å²) in [6, 6.07) is 10.2. The fraction of sp³-hybridized carbons (Fsp3) is 0.346. The molecular formula is C26H30ClN3O6S. The summed E-state index contributed by atoms with van der Waals surface area (Å²) in [5, 5.41) is 0.354. The van der Waals surface area contributed by atoms with Crippen LogP contribution in [0.1, 0.15) is 16.7 Å². The number of nitrogens with one attached hydrogen (secondary N) is 1. The van der Waals surface area contributed by atoms with E-state index in [-0.39, 0.29) is 23.1 Å². The van der Waals surface area contributed by atoms with E-state index >= 15 is 0 Å². The Labute approximate surface area is 222 Å². The number of ether oxygens (including phenoxy) is 4. The van der Waals surface area contributed by atoms with E-state index in [2.05, 4.69) is 9.71 Å². The molecular weight excluding hydrogens is 518 g/mol. The maximum absolute atomic E-state index is 13.2. The van der Waals surface area contributed by atoms with Crippen LogP contribution in [-0.4, -0.2) is 59.3 Å². The van der Waals surface area contributed by atoms with Crippen molar-refractivity contribution in [3.63, 3.8) is 0 Å². The number of anilines is 1. The SMILES string of the molecule is COc1ccc(COc2c(NS(=O)(=O)c3cccc(Cl)c3C)ncc3c2OCC3)cc1OCCN(C)C. The predicted molar refractivity (Wildman–Crippen MR) is 142 cm³/mol. The largest absolute Gasteiger partial charge is 0.493 e. The van der Waals surface area contributed by atoms with Crippen molar-refractivity contribution in [2.45, 2.75) is 24.8 Å². The molecule has 1 N–H and O–H groups in total. The van der Waals surface area contributed by atoms with Crippen molar-refractivity contribution in [3.05, 3.63) is 64.3 Å². The second-order valence-corrected chi connectivity index (χ2v) is 10.8. The summed E-state index contributed by atoms with van der Waals surface area (Å²) in [7, 11) is 1.53. The smallest absolute Gasteiger partial charge is 0.263 e. The zero-order valence-corrected chi connectivity index (χ0v) is 22.8. The van der Waals surface area contributed by atoms with Gasteiger partial charge in [-0.05, 0) is 56.4 Å². The normalized spacial score (nSPS) is 12.7. The Morgan fingerprint density at radius 2 is 1.97 bits per heavy atom. The Bertz CT molecular complexity index is 1380. The van der Waals surface area contributed by atoms with Gasteiger partial charge in [-0.25, -0.2) is 13.4 Å². The van der Waals surface area contributed by atoms with Gasteiger partial charge in [0.25, 0.3) is 10.0 Å². The lowest BCUT2D eigenvalue weighted by Crippen LogP contribution is -2.19. The van der Waals surface area contributed by atoms with Crippen LogP contribution in [0.3, 0.4) is 0 Å². The molecule has 0 unspecified atom stereocenters. The predicted octanol–water partition coefficient (Wildman–Crippen LogP) is 4.31. The van der Waals surface area contributed by atoms with Gasteiger partial charge < -0.3 is 23.8 Å². The minimum absolute atomic E-state index is 0.0380. The first-order chi connectivity index (χ1) is 17.7. The number of likely N-dealkylation sites (N-methyl/N-ethyl adjacent to an activating group) is 1. The highest BCUT2D eigenvalue weighted by molar-refractivity contribution is 7.92. The lowest BCUT2D eigenvalue weighted by atomic mass is 10.2. The summed E-state index contributed by atoms with van der Waals surface area (Å²) >= 11 is 6.16. The molecule has 0 saturated heterocycles. The lowest BCUT2D eigenvalue weighted by Gasteiger charge is -2.17. The van der Waals surface area contributed by atoms with Gasteiger partial charge in [-0.15, -0.1) is 0 Å². The molecule has 0 aliphatic carbocycles. The number of hydrogen-bond acceptors (Lipinski definition) is 8. The van der Waals surface area contributed by atoms with Crippen LogP contribution < -0.4 is 23.7 Å². The number of nitrogens with zero attached hydrogens (tertiary/aromatic N) is 2. The van der Waals surface area contributed by atoms with Crippen LogP contribution in [0.4, 0.5) is 5.82 Å². The molecule has 0 amide bonds. The molecule has 9 nitrogen and oxygen atoms in total. The van der Waals surface area contributed by atoms with Crippen LogP contribution in [0.5, 0.6) is 23.0 Å². The van der Waals surface area contributed by atoms with Crippen LogP contribution in [0.2, 0.25) is 5.02 Å². The van der Waals surface area contributed by atoms with E-state index in [1.807, 2.05) is 31.1 Å². The number of halogens is 1. The fourth-order valence-electron chi connectivity index (χ4n) is 3.80. The lowest BCUT2D eigenvalue weighted by molar-refractivity contribution is 0.248. The van der Waals surface area contributed by atoms with E-state index in [1.165, 1.54) is 6.07 Å². The van der Waals surface area contributed by atoms with Crippen molar-refractivity contribution >= 4 is 27.4 Å². The molecule has 2 aromatic carbocycles. The third-order valence-electron chi connectivity index (χ3n) is 5.83. The van der Waals surface area contributed by atoms with Gasteiger partial charge >= 0.3 is 0 Å². The molecule has 1 aliphatic rings. The number of aromatic nitrogens is 1. The molecule has 11 heteroatoms. The number of benzene rings is 2. The zero-order valence-electron chi connectivity index (χ0n) is 21.2.